The van der Waals surface area contributed by atoms with Gasteiger partial charge in [-0.25, -0.2) is 8.78 Å². The van der Waals surface area contributed by atoms with E-state index in [0.29, 0.717) is 5.75 Å². The van der Waals surface area contributed by atoms with Gasteiger partial charge in [0.2, 0.25) is 0 Å². The zero-order chi connectivity index (χ0) is 16.7. The van der Waals surface area contributed by atoms with Crippen molar-refractivity contribution in [2.45, 2.75) is 5.75 Å². The van der Waals surface area contributed by atoms with Crippen LogP contribution in [0.5, 0.6) is 5.75 Å². The molecule has 4 nitrogen and oxygen atoms in total. The zero-order valence-corrected chi connectivity index (χ0v) is 13.2. The van der Waals surface area contributed by atoms with Crippen LogP contribution >= 0.6 is 11.8 Å². The molecule has 0 heterocycles. The van der Waals surface area contributed by atoms with Gasteiger partial charge >= 0.3 is 0 Å². The number of rotatable bonds is 5. The van der Waals surface area contributed by atoms with Crippen LogP contribution in [0.15, 0.2) is 52.7 Å². The molecule has 0 unspecified atom stereocenters. The number of nitrogens with two attached hydrogens (primary N) is 1. The Labute approximate surface area is 137 Å². The second-order valence-corrected chi connectivity index (χ2v) is 5.46. The second kappa shape index (κ2) is 8.28. The lowest BCUT2D eigenvalue weighted by molar-refractivity contribution is 0.406. The topological polar surface area (TPSA) is 60.0 Å². The molecule has 0 aromatic heterocycles. The van der Waals surface area contributed by atoms with E-state index in [0.717, 1.165) is 23.9 Å². The molecule has 0 saturated heterocycles. The maximum atomic E-state index is 13.7. The molecule has 0 spiro atoms. The maximum Gasteiger partial charge on any atom is 0.180 e. The normalized spacial score (nSPS) is 11.9. The van der Waals surface area contributed by atoms with Gasteiger partial charge in [0, 0.05) is 17.9 Å². The van der Waals surface area contributed by atoms with Gasteiger partial charge in [-0.05, 0) is 5.56 Å². The molecule has 0 bridgehead atoms. The van der Waals surface area contributed by atoms with Crippen LogP contribution < -0.4 is 10.5 Å². The van der Waals surface area contributed by atoms with Crippen LogP contribution in [0, 0.1) is 11.6 Å². The first kappa shape index (κ1) is 17.0. The van der Waals surface area contributed by atoms with Crippen molar-refractivity contribution < 1.29 is 13.5 Å². The van der Waals surface area contributed by atoms with Crippen molar-refractivity contribution in [2.75, 3.05) is 7.11 Å². The van der Waals surface area contributed by atoms with E-state index in [9.17, 15) is 8.78 Å². The Morgan fingerprint density at radius 2 is 2.00 bits per heavy atom. The summed E-state index contributed by atoms with van der Waals surface area (Å²) in [6.07, 6.45) is 1.14. The van der Waals surface area contributed by atoms with Gasteiger partial charge in [-0.2, -0.15) is 5.10 Å². The number of ether oxygens (including phenoxy) is 1. The van der Waals surface area contributed by atoms with E-state index in [2.05, 4.69) is 10.2 Å². The first-order valence-corrected chi connectivity index (χ1v) is 7.65. The van der Waals surface area contributed by atoms with Crippen LogP contribution in [-0.2, 0) is 5.75 Å². The molecule has 0 radical (unpaired) electrons. The predicted octanol–water partition coefficient (Wildman–Crippen LogP) is 3.56. The van der Waals surface area contributed by atoms with Crippen LogP contribution in [-0.4, -0.2) is 18.5 Å². The second-order valence-electron chi connectivity index (χ2n) is 4.46. The first-order chi connectivity index (χ1) is 11.1. The molecule has 0 amide bonds. The van der Waals surface area contributed by atoms with Crippen molar-refractivity contribution >= 4 is 23.1 Å². The number of amidine groups is 1. The zero-order valence-electron chi connectivity index (χ0n) is 12.4. The van der Waals surface area contributed by atoms with Crippen molar-refractivity contribution in [1.29, 1.82) is 0 Å². The molecule has 0 aliphatic rings. The average molecular weight is 335 g/mol. The van der Waals surface area contributed by atoms with Gasteiger partial charge in [-0.3, -0.25) is 0 Å². The van der Waals surface area contributed by atoms with E-state index >= 15 is 0 Å². The Morgan fingerprint density at radius 3 is 2.70 bits per heavy atom. The van der Waals surface area contributed by atoms with Gasteiger partial charge < -0.3 is 10.5 Å². The Bertz CT molecular complexity index is 721. The number of halogens is 2. The standard InChI is InChI=1S/C16H15F2N3OS/c1-22-15-8-12(17)7-14(18)13(15)9-20-21-16(19)23-10-11-5-3-2-4-6-11/h2-9H,10H2,1H3,(H2,19,21). The van der Waals surface area contributed by atoms with Crippen LogP contribution in [0.4, 0.5) is 8.78 Å². The predicted molar refractivity (Wildman–Crippen MR) is 89.9 cm³/mol. The molecule has 0 saturated carbocycles. The SMILES string of the molecule is COc1cc(F)cc(F)c1C=NN=C(N)SCc1ccccc1. The Balaban J connectivity index is 2.03. The summed E-state index contributed by atoms with van der Waals surface area (Å²) in [6, 6.07) is 11.6. The van der Waals surface area contributed by atoms with Gasteiger partial charge in [0.15, 0.2) is 5.17 Å². The highest BCUT2D eigenvalue weighted by Crippen LogP contribution is 2.21. The van der Waals surface area contributed by atoms with E-state index in [1.807, 2.05) is 30.3 Å². The van der Waals surface area contributed by atoms with Crippen LogP contribution in [0.1, 0.15) is 11.1 Å². The highest BCUT2D eigenvalue weighted by atomic mass is 32.2. The molecule has 0 aliphatic carbocycles. The third-order valence-corrected chi connectivity index (χ3v) is 3.70. The quantitative estimate of drug-likeness (QED) is 0.516. The molecular weight excluding hydrogens is 320 g/mol. The van der Waals surface area contributed by atoms with Gasteiger partial charge in [-0.15, -0.1) is 5.10 Å². The van der Waals surface area contributed by atoms with Gasteiger partial charge in [0.1, 0.15) is 17.4 Å². The monoisotopic (exact) mass is 335 g/mol. The van der Waals surface area contributed by atoms with Gasteiger partial charge in [0.25, 0.3) is 0 Å². The number of thioether (sulfide) groups is 1. The summed E-state index contributed by atoms with van der Waals surface area (Å²) in [5.74, 6) is -0.814. The number of hydrogen-bond acceptors (Lipinski definition) is 4. The third-order valence-electron chi connectivity index (χ3n) is 2.85. The summed E-state index contributed by atoms with van der Waals surface area (Å²) in [7, 11) is 1.32. The number of benzene rings is 2. The van der Waals surface area contributed by atoms with Crippen LogP contribution in [0.25, 0.3) is 0 Å². The minimum Gasteiger partial charge on any atom is -0.496 e. The number of methoxy groups -OCH3 is 1. The van der Waals surface area contributed by atoms with Gasteiger partial charge in [-0.1, -0.05) is 42.1 Å². The molecule has 0 atom stereocenters. The third kappa shape index (κ3) is 5.07. The average Bonchev–Trinajstić information content (AvgIpc) is 2.55. The molecule has 0 aliphatic heterocycles. The van der Waals surface area contributed by atoms with E-state index in [1.165, 1.54) is 18.9 Å². The van der Waals surface area contributed by atoms with Crippen molar-refractivity contribution in [2.24, 2.45) is 15.9 Å². The minimum atomic E-state index is -0.781. The molecule has 2 rings (SSSR count). The smallest absolute Gasteiger partial charge is 0.180 e. The molecule has 120 valence electrons. The largest absolute Gasteiger partial charge is 0.496 e. The maximum absolute atomic E-state index is 13.7. The molecule has 2 aromatic rings. The molecular formula is C16H15F2N3OS. The van der Waals surface area contributed by atoms with E-state index in [4.69, 9.17) is 10.5 Å². The van der Waals surface area contributed by atoms with E-state index in [-0.39, 0.29) is 16.5 Å². The lowest BCUT2D eigenvalue weighted by Gasteiger charge is -2.05. The minimum absolute atomic E-state index is 0.0125. The van der Waals surface area contributed by atoms with Crippen molar-refractivity contribution in [3.63, 3.8) is 0 Å². The Kier molecular flexibility index (Phi) is 6.10. The summed E-state index contributed by atoms with van der Waals surface area (Å²) in [5.41, 5.74) is 6.85. The lowest BCUT2D eigenvalue weighted by Crippen LogP contribution is -2.06. The molecule has 0 fully saturated rings. The highest BCUT2D eigenvalue weighted by molar-refractivity contribution is 8.13. The summed E-state index contributed by atoms with van der Waals surface area (Å²) in [5, 5.41) is 7.75. The molecule has 7 heteroatoms. The van der Waals surface area contributed by atoms with Crippen LogP contribution in [0.3, 0.4) is 0 Å². The Hall–Kier alpha value is -2.41. The molecule has 2 aromatic carbocycles. The molecule has 2 N–H and O–H groups in total. The number of hydrogen-bond donors (Lipinski definition) is 1. The fourth-order valence-electron chi connectivity index (χ4n) is 1.76. The number of nitrogens with zero attached hydrogens (tertiary/aromatic N) is 2. The van der Waals surface area contributed by atoms with E-state index < -0.39 is 11.6 Å². The molecule has 23 heavy (non-hydrogen) atoms. The fraction of sp³-hybridized carbons (Fsp3) is 0.125. The fourth-order valence-corrected chi connectivity index (χ4v) is 2.37. The summed E-state index contributed by atoms with van der Waals surface area (Å²) >= 11 is 1.31. The van der Waals surface area contributed by atoms with Crippen molar-refractivity contribution in [3.8, 4) is 5.75 Å². The van der Waals surface area contributed by atoms with E-state index in [1.54, 1.807) is 0 Å². The van der Waals surface area contributed by atoms with Crippen LogP contribution in [0.2, 0.25) is 0 Å². The Morgan fingerprint density at radius 1 is 1.26 bits per heavy atom. The summed E-state index contributed by atoms with van der Waals surface area (Å²) in [6.45, 7) is 0. The lowest BCUT2D eigenvalue weighted by atomic mass is 10.2. The van der Waals surface area contributed by atoms with Gasteiger partial charge in [0.05, 0.1) is 18.9 Å². The van der Waals surface area contributed by atoms with Crippen molar-refractivity contribution in [1.82, 2.24) is 0 Å². The highest BCUT2D eigenvalue weighted by Gasteiger charge is 2.09. The van der Waals surface area contributed by atoms with Crippen molar-refractivity contribution in [3.05, 3.63) is 65.2 Å². The first-order valence-electron chi connectivity index (χ1n) is 6.66. The summed E-state index contributed by atoms with van der Waals surface area (Å²) < 4.78 is 31.7. The summed E-state index contributed by atoms with van der Waals surface area (Å²) in [4.78, 5) is 0.